The molecule has 0 aromatic carbocycles. The number of H-pyrrole nitrogens is 1. The largest absolute Gasteiger partial charge is 0.468 e. The highest BCUT2D eigenvalue weighted by atomic mass is 16.6. The average Bonchev–Trinajstić information content (AvgIpc) is 2.42. The van der Waals surface area contributed by atoms with Gasteiger partial charge >= 0.3 is 0 Å². The zero-order chi connectivity index (χ0) is 6.97. The van der Waals surface area contributed by atoms with E-state index in [1.165, 1.54) is 0 Å². The van der Waals surface area contributed by atoms with Crippen molar-refractivity contribution in [2.75, 3.05) is 7.11 Å². The monoisotopic (exact) mass is 137 g/mol. The van der Waals surface area contributed by atoms with Crippen LogP contribution in [0.15, 0.2) is 22.7 Å². The van der Waals surface area contributed by atoms with Crippen LogP contribution in [0.1, 0.15) is 0 Å². The molecule has 0 unspecified atom stereocenters. The predicted octanol–water partition coefficient (Wildman–Crippen LogP) is 1.77. The SMILES string of the molecule is COc1cc2[nH]ccc2o1. The van der Waals surface area contributed by atoms with Crippen molar-refractivity contribution in [3.63, 3.8) is 0 Å². The number of furan rings is 1. The van der Waals surface area contributed by atoms with Gasteiger partial charge in [0.05, 0.1) is 12.6 Å². The van der Waals surface area contributed by atoms with Crippen LogP contribution in [0.5, 0.6) is 5.95 Å². The van der Waals surface area contributed by atoms with Crippen molar-refractivity contribution in [1.82, 2.24) is 4.98 Å². The van der Waals surface area contributed by atoms with Gasteiger partial charge in [-0.05, 0) is 6.07 Å². The van der Waals surface area contributed by atoms with E-state index in [1.807, 2.05) is 18.3 Å². The quantitative estimate of drug-likeness (QED) is 0.650. The standard InChI is InChI=1S/C7H7NO2/c1-9-7-4-5-6(10-7)2-3-8-5/h2-4,8H,1H3. The molecule has 3 nitrogen and oxygen atoms in total. The number of rotatable bonds is 1. The minimum absolute atomic E-state index is 0.543. The summed E-state index contributed by atoms with van der Waals surface area (Å²) in [5, 5.41) is 0. The molecule has 0 saturated carbocycles. The number of aromatic amines is 1. The molecule has 2 rings (SSSR count). The third kappa shape index (κ3) is 0.603. The van der Waals surface area contributed by atoms with Crippen LogP contribution in [0.4, 0.5) is 0 Å². The van der Waals surface area contributed by atoms with Crippen molar-refractivity contribution in [3.8, 4) is 5.95 Å². The first kappa shape index (κ1) is 5.41. The second-order valence-electron chi connectivity index (χ2n) is 2.03. The maximum absolute atomic E-state index is 5.20. The first-order valence-electron chi connectivity index (χ1n) is 3.01. The van der Waals surface area contributed by atoms with E-state index in [2.05, 4.69) is 4.98 Å². The fraction of sp³-hybridized carbons (Fsp3) is 0.143. The molecular weight excluding hydrogens is 130 g/mol. The smallest absolute Gasteiger partial charge is 0.286 e. The lowest BCUT2D eigenvalue weighted by Crippen LogP contribution is -1.75. The number of fused-ring (bicyclic) bond motifs is 1. The Morgan fingerprint density at radius 3 is 3.20 bits per heavy atom. The van der Waals surface area contributed by atoms with Gasteiger partial charge in [0.1, 0.15) is 0 Å². The molecule has 10 heavy (non-hydrogen) atoms. The Hall–Kier alpha value is -1.38. The molecule has 2 heterocycles. The van der Waals surface area contributed by atoms with Crippen LogP contribution in [0, 0.1) is 0 Å². The maximum atomic E-state index is 5.20. The van der Waals surface area contributed by atoms with Gasteiger partial charge in [-0.15, -0.1) is 0 Å². The van der Waals surface area contributed by atoms with Crippen LogP contribution in [-0.4, -0.2) is 12.1 Å². The van der Waals surface area contributed by atoms with E-state index >= 15 is 0 Å². The van der Waals surface area contributed by atoms with Gasteiger partial charge in [-0.2, -0.15) is 0 Å². The van der Waals surface area contributed by atoms with E-state index in [9.17, 15) is 0 Å². The van der Waals surface area contributed by atoms with Crippen LogP contribution in [0.25, 0.3) is 11.1 Å². The lowest BCUT2D eigenvalue weighted by Gasteiger charge is -1.86. The highest BCUT2D eigenvalue weighted by Crippen LogP contribution is 2.22. The fourth-order valence-corrected chi connectivity index (χ4v) is 0.926. The molecule has 0 fully saturated rings. The molecule has 0 radical (unpaired) electrons. The molecule has 0 aliphatic rings. The maximum Gasteiger partial charge on any atom is 0.286 e. The molecule has 0 aliphatic heterocycles. The lowest BCUT2D eigenvalue weighted by atomic mass is 10.5. The zero-order valence-electron chi connectivity index (χ0n) is 5.55. The molecule has 2 aromatic heterocycles. The number of methoxy groups -OCH3 is 1. The number of hydrogen-bond acceptors (Lipinski definition) is 2. The van der Waals surface area contributed by atoms with Gasteiger partial charge in [-0.3, -0.25) is 0 Å². The van der Waals surface area contributed by atoms with Crippen LogP contribution >= 0.6 is 0 Å². The first-order chi connectivity index (χ1) is 4.90. The van der Waals surface area contributed by atoms with E-state index < -0.39 is 0 Å². The second kappa shape index (κ2) is 1.80. The predicted molar refractivity (Wildman–Crippen MR) is 37.1 cm³/mol. The van der Waals surface area contributed by atoms with E-state index in [1.54, 1.807) is 7.11 Å². The summed E-state index contributed by atoms with van der Waals surface area (Å²) in [6, 6.07) is 3.67. The van der Waals surface area contributed by atoms with Crippen molar-refractivity contribution in [2.45, 2.75) is 0 Å². The minimum Gasteiger partial charge on any atom is -0.468 e. The second-order valence-corrected chi connectivity index (χ2v) is 2.03. The summed E-state index contributed by atoms with van der Waals surface area (Å²) in [6.45, 7) is 0. The third-order valence-electron chi connectivity index (χ3n) is 1.41. The van der Waals surface area contributed by atoms with Crippen LogP contribution < -0.4 is 4.74 Å². The van der Waals surface area contributed by atoms with E-state index in [-0.39, 0.29) is 0 Å². The molecule has 0 bridgehead atoms. The molecule has 0 saturated heterocycles. The topological polar surface area (TPSA) is 38.2 Å². The lowest BCUT2D eigenvalue weighted by molar-refractivity contribution is 0.316. The molecule has 3 heteroatoms. The summed E-state index contributed by atoms with van der Waals surface area (Å²) in [5.41, 5.74) is 1.80. The van der Waals surface area contributed by atoms with Gasteiger partial charge in [-0.25, -0.2) is 0 Å². The molecule has 1 N–H and O–H groups in total. The Morgan fingerprint density at radius 2 is 2.50 bits per heavy atom. The van der Waals surface area contributed by atoms with Crippen molar-refractivity contribution in [2.24, 2.45) is 0 Å². The van der Waals surface area contributed by atoms with Crippen molar-refractivity contribution in [3.05, 3.63) is 18.3 Å². The highest BCUT2D eigenvalue weighted by Gasteiger charge is 2.01. The van der Waals surface area contributed by atoms with Crippen LogP contribution in [-0.2, 0) is 0 Å². The fourth-order valence-electron chi connectivity index (χ4n) is 0.926. The minimum atomic E-state index is 0.543. The van der Waals surface area contributed by atoms with Gasteiger partial charge < -0.3 is 14.1 Å². The zero-order valence-corrected chi connectivity index (χ0v) is 5.55. The van der Waals surface area contributed by atoms with Crippen molar-refractivity contribution >= 4 is 11.1 Å². The van der Waals surface area contributed by atoms with E-state index in [4.69, 9.17) is 9.15 Å². The van der Waals surface area contributed by atoms with Crippen molar-refractivity contribution in [1.29, 1.82) is 0 Å². The van der Waals surface area contributed by atoms with Crippen LogP contribution in [0.2, 0.25) is 0 Å². The molecule has 0 aliphatic carbocycles. The molecule has 0 atom stereocenters. The Morgan fingerprint density at radius 1 is 1.60 bits per heavy atom. The third-order valence-corrected chi connectivity index (χ3v) is 1.41. The first-order valence-corrected chi connectivity index (χ1v) is 3.01. The van der Waals surface area contributed by atoms with Gasteiger partial charge in [-0.1, -0.05) is 0 Å². The Kier molecular flexibility index (Phi) is 0.974. The summed E-state index contributed by atoms with van der Waals surface area (Å²) >= 11 is 0. The molecular formula is C7H7NO2. The van der Waals surface area contributed by atoms with Crippen molar-refractivity contribution < 1.29 is 9.15 Å². The summed E-state index contributed by atoms with van der Waals surface area (Å²) in [4.78, 5) is 3.00. The van der Waals surface area contributed by atoms with Gasteiger partial charge in [0, 0.05) is 12.3 Å². The number of ether oxygens (including phenoxy) is 1. The number of aromatic nitrogens is 1. The highest BCUT2D eigenvalue weighted by molar-refractivity contribution is 5.74. The molecule has 0 amide bonds. The van der Waals surface area contributed by atoms with E-state index in [0.717, 1.165) is 11.1 Å². The molecule has 0 spiro atoms. The Balaban J connectivity index is 2.67. The average molecular weight is 137 g/mol. The summed E-state index contributed by atoms with van der Waals surface area (Å²) < 4.78 is 10.1. The van der Waals surface area contributed by atoms with Gasteiger partial charge in [0.2, 0.25) is 0 Å². The number of hydrogen-bond donors (Lipinski definition) is 1. The Labute approximate surface area is 57.6 Å². The molecule has 52 valence electrons. The summed E-state index contributed by atoms with van der Waals surface area (Å²) in [6.07, 6.45) is 1.83. The summed E-state index contributed by atoms with van der Waals surface area (Å²) in [5.74, 6) is 0.543. The normalized spacial score (nSPS) is 10.5. The Bertz CT molecular complexity index is 305. The summed E-state index contributed by atoms with van der Waals surface area (Å²) in [7, 11) is 1.58. The van der Waals surface area contributed by atoms with E-state index in [0.29, 0.717) is 5.95 Å². The van der Waals surface area contributed by atoms with Crippen LogP contribution in [0.3, 0.4) is 0 Å². The molecule has 2 aromatic rings. The van der Waals surface area contributed by atoms with Gasteiger partial charge in [0.25, 0.3) is 5.95 Å². The number of nitrogens with one attached hydrogen (secondary N) is 1. The van der Waals surface area contributed by atoms with Gasteiger partial charge in [0.15, 0.2) is 5.58 Å².